The first kappa shape index (κ1) is 27.2. The Kier molecular flexibility index (Phi) is 9.25. The maximum Gasteiger partial charge on any atom is 0.254 e. The molecule has 0 aromatic heterocycles. The molecule has 0 saturated carbocycles. The zero-order valence-corrected chi connectivity index (χ0v) is 22.8. The first-order valence-electron chi connectivity index (χ1n) is 12.8. The Morgan fingerprint density at radius 3 is 2.35 bits per heavy atom. The van der Waals surface area contributed by atoms with Crippen molar-refractivity contribution in [1.82, 2.24) is 15.1 Å². The number of rotatable bonds is 10. The maximum atomic E-state index is 13.9. The predicted octanol–water partition coefficient (Wildman–Crippen LogP) is 5.97. The van der Waals surface area contributed by atoms with Gasteiger partial charge in [0.25, 0.3) is 5.91 Å². The molecule has 0 unspecified atom stereocenters. The first-order chi connectivity index (χ1) is 17.9. The summed E-state index contributed by atoms with van der Waals surface area (Å²) in [7, 11) is 0. The largest absolute Gasteiger partial charge is 0.355 e. The SMILES string of the molecule is CCN(CC)CCN1C(=O)c2ccccc2[C@@H](C(=O)NCCc2ccccc2)[C@@H]1c1ccc(Cl)cc1Cl. The van der Waals surface area contributed by atoms with Gasteiger partial charge in [-0.05, 0) is 54.4 Å². The average Bonchev–Trinajstić information content (AvgIpc) is 2.91. The molecular weight excluding hydrogens is 505 g/mol. The molecule has 7 heteroatoms. The number of carbonyl (C=O) groups excluding carboxylic acids is 2. The molecule has 1 aliphatic rings. The van der Waals surface area contributed by atoms with Gasteiger partial charge in [-0.3, -0.25) is 9.59 Å². The van der Waals surface area contributed by atoms with Gasteiger partial charge in [0, 0.05) is 35.2 Å². The van der Waals surface area contributed by atoms with E-state index in [1.54, 1.807) is 12.1 Å². The van der Waals surface area contributed by atoms with Crippen LogP contribution in [0.2, 0.25) is 10.0 Å². The third-order valence-electron chi connectivity index (χ3n) is 7.11. The normalized spacial score (nSPS) is 17.1. The van der Waals surface area contributed by atoms with Crippen molar-refractivity contribution in [2.24, 2.45) is 0 Å². The number of hydrogen-bond donors (Lipinski definition) is 1. The van der Waals surface area contributed by atoms with Gasteiger partial charge in [-0.25, -0.2) is 0 Å². The lowest BCUT2D eigenvalue weighted by molar-refractivity contribution is -0.124. The summed E-state index contributed by atoms with van der Waals surface area (Å²) in [6, 6.07) is 22.2. The van der Waals surface area contributed by atoms with Crippen LogP contribution in [0.4, 0.5) is 0 Å². The van der Waals surface area contributed by atoms with Gasteiger partial charge in [-0.2, -0.15) is 0 Å². The second kappa shape index (κ2) is 12.6. The Labute approximate surface area is 229 Å². The molecule has 2 atom stereocenters. The summed E-state index contributed by atoms with van der Waals surface area (Å²) in [5, 5.41) is 4.09. The van der Waals surface area contributed by atoms with Crippen LogP contribution in [0.25, 0.3) is 0 Å². The number of benzene rings is 3. The van der Waals surface area contributed by atoms with Crippen LogP contribution >= 0.6 is 23.2 Å². The summed E-state index contributed by atoms with van der Waals surface area (Å²) < 4.78 is 0. The summed E-state index contributed by atoms with van der Waals surface area (Å²) >= 11 is 12.9. The third-order valence-corrected chi connectivity index (χ3v) is 7.67. The van der Waals surface area contributed by atoms with Gasteiger partial charge in [0.15, 0.2) is 0 Å². The summed E-state index contributed by atoms with van der Waals surface area (Å²) in [5.74, 6) is -0.827. The molecule has 1 aliphatic heterocycles. The van der Waals surface area contributed by atoms with E-state index in [2.05, 4.69) is 24.1 Å². The lowest BCUT2D eigenvalue weighted by Gasteiger charge is -2.42. The standard InChI is InChI=1S/C30H33Cl2N3O2/c1-3-34(4-2)18-19-35-28(25-15-14-22(31)20-26(25)32)27(23-12-8-9-13-24(23)30(35)37)29(36)33-17-16-21-10-6-5-7-11-21/h5-15,20,27-28H,3-4,16-19H2,1-2H3,(H,33,36)/t27-,28+/m1/s1. The van der Waals surface area contributed by atoms with Crippen molar-refractivity contribution < 1.29 is 9.59 Å². The summed E-state index contributed by atoms with van der Waals surface area (Å²) in [6.45, 7) is 7.64. The Hall–Kier alpha value is -2.86. The van der Waals surface area contributed by atoms with Crippen LogP contribution in [0.15, 0.2) is 72.8 Å². The highest BCUT2D eigenvalue weighted by molar-refractivity contribution is 6.35. The minimum Gasteiger partial charge on any atom is -0.355 e. The fraction of sp³-hybridized carbons (Fsp3) is 0.333. The third kappa shape index (κ3) is 6.18. The number of nitrogens with one attached hydrogen (secondary N) is 1. The highest BCUT2D eigenvalue weighted by Gasteiger charge is 2.44. The number of nitrogens with zero attached hydrogens (tertiary/aromatic N) is 2. The molecular formula is C30H33Cl2N3O2. The second-order valence-corrected chi connectivity index (χ2v) is 10.1. The smallest absolute Gasteiger partial charge is 0.254 e. The Balaban J connectivity index is 1.72. The molecule has 3 aromatic rings. The lowest BCUT2D eigenvalue weighted by atomic mass is 9.79. The van der Waals surface area contributed by atoms with Gasteiger partial charge < -0.3 is 15.1 Å². The van der Waals surface area contributed by atoms with Crippen molar-refractivity contribution >= 4 is 35.0 Å². The van der Waals surface area contributed by atoms with Crippen LogP contribution < -0.4 is 5.32 Å². The number of amides is 2. The van der Waals surface area contributed by atoms with Gasteiger partial charge in [-0.1, -0.05) is 91.6 Å². The van der Waals surface area contributed by atoms with Crippen LogP contribution in [0.1, 0.15) is 52.9 Å². The lowest BCUT2D eigenvalue weighted by Crippen LogP contribution is -2.49. The summed E-state index contributed by atoms with van der Waals surface area (Å²) in [6.07, 6.45) is 0.720. The first-order valence-corrected chi connectivity index (χ1v) is 13.6. The Morgan fingerprint density at radius 2 is 1.65 bits per heavy atom. The molecule has 194 valence electrons. The van der Waals surface area contributed by atoms with Gasteiger partial charge >= 0.3 is 0 Å². The molecule has 1 heterocycles. The van der Waals surface area contributed by atoms with E-state index < -0.39 is 12.0 Å². The summed E-state index contributed by atoms with van der Waals surface area (Å²) in [5.41, 5.74) is 3.16. The molecule has 0 aliphatic carbocycles. The van der Waals surface area contributed by atoms with E-state index in [-0.39, 0.29) is 11.8 Å². The van der Waals surface area contributed by atoms with E-state index in [0.29, 0.717) is 35.2 Å². The molecule has 0 spiro atoms. The number of likely N-dealkylation sites (N-methyl/N-ethyl adjacent to an activating group) is 1. The quantitative estimate of drug-likeness (QED) is 0.346. The topological polar surface area (TPSA) is 52.7 Å². The Morgan fingerprint density at radius 1 is 0.946 bits per heavy atom. The van der Waals surface area contributed by atoms with E-state index in [9.17, 15) is 9.59 Å². The molecule has 3 aromatic carbocycles. The fourth-order valence-electron chi connectivity index (χ4n) is 5.08. The molecule has 5 nitrogen and oxygen atoms in total. The van der Waals surface area contributed by atoms with Crippen molar-refractivity contribution in [1.29, 1.82) is 0 Å². The van der Waals surface area contributed by atoms with Crippen LogP contribution in [0.5, 0.6) is 0 Å². The van der Waals surface area contributed by atoms with E-state index in [0.717, 1.165) is 36.2 Å². The zero-order chi connectivity index (χ0) is 26.4. The molecule has 37 heavy (non-hydrogen) atoms. The Bertz CT molecular complexity index is 1230. The maximum absolute atomic E-state index is 13.9. The summed E-state index contributed by atoms with van der Waals surface area (Å²) in [4.78, 5) is 31.8. The van der Waals surface area contributed by atoms with E-state index >= 15 is 0 Å². The predicted molar refractivity (Wildman–Crippen MR) is 150 cm³/mol. The highest BCUT2D eigenvalue weighted by atomic mass is 35.5. The van der Waals surface area contributed by atoms with Crippen molar-refractivity contribution in [2.45, 2.75) is 32.2 Å². The van der Waals surface area contributed by atoms with Gasteiger partial charge in [-0.15, -0.1) is 0 Å². The molecule has 0 radical (unpaired) electrons. The zero-order valence-electron chi connectivity index (χ0n) is 21.3. The number of hydrogen-bond acceptors (Lipinski definition) is 3. The van der Waals surface area contributed by atoms with Gasteiger partial charge in [0.05, 0.1) is 12.0 Å². The highest BCUT2D eigenvalue weighted by Crippen LogP contribution is 2.45. The molecule has 0 saturated heterocycles. The monoisotopic (exact) mass is 537 g/mol. The average molecular weight is 539 g/mol. The molecule has 4 rings (SSSR count). The molecule has 0 fully saturated rings. The van der Waals surface area contributed by atoms with E-state index in [1.165, 1.54) is 0 Å². The minimum atomic E-state index is -0.611. The van der Waals surface area contributed by atoms with Crippen molar-refractivity contribution in [3.8, 4) is 0 Å². The fourth-order valence-corrected chi connectivity index (χ4v) is 5.60. The minimum absolute atomic E-state index is 0.0906. The number of fused-ring (bicyclic) bond motifs is 1. The van der Waals surface area contributed by atoms with Gasteiger partial charge in [0.2, 0.25) is 5.91 Å². The van der Waals surface area contributed by atoms with Crippen molar-refractivity contribution in [2.75, 3.05) is 32.7 Å². The van der Waals surface area contributed by atoms with Gasteiger partial charge in [0.1, 0.15) is 0 Å². The molecule has 0 bridgehead atoms. The number of carbonyl (C=O) groups is 2. The van der Waals surface area contributed by atoms with Crippen molar-refractivity contribution in [3.05, 3.63) is 105 Å². The van der Waals surface area contributed by atoms with Crippen LogP contribution in [0, 0.1) is 0 Å². The number of halogens is 2. The molecule has 1 N–H and O–H groups in total. The van der Waals surface area contributed by atoms with Crippen molar-refractivity contribution in [3.63, 3.8) is 0 Å². The van der Waals surface area contributed by atoms with Crippen LogP contribution in [0.3, 0.4) is 0 Å². The second-order valence-electron chi connectivity index (χ2n) is 9.23. The van der Waals surface area contributed by atoms with Crippen LogP contribution in [-0.2, 0) is 11.2 Å². The molecule has 2 amide bonds. The van der Waals surface area contributed by atoms with E-state index in [4.69, 9.17) is 23.2 Å². The van der Waals surface area contributed by atoms with Crippen LogP contribution in [-0.4, -0.2) is 54.3 Å². The van der Waals surface area contributed by atoms with E-state index in [1.807, 2.05) is 65.6 Å².